The zero-order valence-corrected chi connectivity index (χ0v) is 44.8. The lowest BCUT2D eigenvalue weighted by Gasteiger charge is -2.19. The monoisotopic (exact) mass is 942 g/mol. The second-order valence-corrected chi connectivity index (χ2v) is 19.3. The van der Waals surface area contributed by atoms with Crippen molar-refractivity contribution < 1.29 is 15.0 Å². The number of aliphatic hydroxyl groups excluding tert-OH is 2. The van der Waals surface area contributed by atoms with Crippen LogP contribution >= 0.6 is 0 Å². The molecule has 0 aliphatic carbocycles. The summed E-state index contributed by atoms with van der Waals surface area (Å²) < 4.78 is 0. The molecule has 68 heavy (non-hydrogen) atoms. The summed E-state index contributed by atoms with van der Waals surface area (Å²) in [5.74, 6) is -0.0951. The second-order valence-electron chi connectivity index (χ2n) is 19.3. The Labute approximate surface area is 423 Å². The molecule has 4 heteroatoms. The molecule has 0 aromatic carbocycles. The van der Waals surface area contributed by atoms with Crippen molar-refractivity contribution in [3.8, 4) is 0 Å². The van der Waals surface area contributed by atoms with Crippen LogP contribution < -0.4 is 5.32 Å². The van der Waals surface area contributed by atoms with Crippen LogP contribution in [0.4, 0.5) is 0 Å². The average molecular weight is 943 g/mol. The van der Waals surface area contributed by atoms with Gasteiger partial charge in [-0.1, -0.05) is 284 Å². The van der Waals surface area contributed by atoms with Crippen molar-refractivity contribution in [2.75, 3.05) is 6.61 Å². The molecule has 1 amide bonds. The van der Waals surface area contributed by atoms with Crippen LogP contribution in [-0.2, 0) is 4.79 Å². The van der Waals surface area contributed by atoms with E-state index in [1.165, 1.54) is 161 Å². The Hall–Kier alpha value is -2.95. The van der Waals surface area contributed by atoms with Gasteiger partial charge in [-0.25, -0.2) is 0 Å². The summed E-state index contributed by atoms with van der Waals surface area (Å²) in [6, 6.07) is -0.659. The number of hydrogen-bond donors (Lipinski definition) is 3. The molecule has 0 aliphatic rings. The Morgan fingerprint density at radius 1 is 0.368 bits per heavy atom. The van der Waals surface area contributed by atoms with Gasteiger partial charge in [-0.2, -0.15) is 0 Å². The highest BCUT2D eigenvalue weighted by atomic mass is 16.3. The highest BCUT2D eigenvalue weighted by Gasteiger charge is 2.17. The second kappa shape index (κ2) is 58.4. The number of unbranched alkanes of at least 4 members (excludes halogenated alkanes) is 29. The van der Waals surface area contributed by atoms with Crippen LogP contribution in [0.15, 0.2) is 109 Å². The van der Waals surface area contributed by atoms with Crippen LogP contribution in [0.2, 0.25) is 0 Å². The molecule has 3 N–H and O–H groups in total. The van der Waals surface area contributed by atoms with Gasteiger partial charge in [0.2, 0.25) is 5.91 Å². The smallest absolute Gasteiger partial charge is 0.220 e. The number of allylic oxidation sites excluding steroid dienone is 17. The zero-order chi connectivity index (χ0) is 49.2. The Morgan fingerprint density at radius 3 is 1.03 bits per heavy atom. The first-order chi connectivity index (χ1) is 33.7. The Balaban J connectivity index is 3.62. The lowest BCUT2D eigenvalue weighted by molar-refractivity contribution is -0.123. The van der Waals surface area contributed by atoms with E-state index in [-0.39, 0.29) is 12.5 Å². The fourth-order valence-electron chi connectivity index (χ4n) is 8.35. The molecule has 0 saturated heterocycles. The molecule has 2 unspecified atom stereocenters. The minimum atomic E-state index is -0.880. The molecular formula is C64H111NO3. The van der Waals surface area contributed by atoms with Crippen molar-refractivity contribution in [1.29, 1.82) is 0 Å². The van der Waals surface area contributed by atoms with Crippen LogP contribution in [-0.4, -0.2) is 34.9 Å². The van der Waals surface area contributed by atoms with E-state index >= 15 is 0 Å². The molecule has 0 aromatic rings. The summed E-state index contributed by atoms with van der Waals surface area (Å²) in [6.45, 7) is 4.19. The first-order valence-electron chi connectivity index (χ1n) is 29.1. The van der Waals surface area contributed by atoms with Gasteiger partial charge in [-0.05, 0) is 89.9 Å². The molecule has 0 heterocycles. The van der Waals surface area contributed by atoms with Gasteiger partial charge in [0, 0.05) is 6.42 Å². The number of rotatable bonds is 52. The van der Waals surface area contributed by atoms with E-state index in [0.29, 0.717) is 6.42 Å². The van der Waals surface area contributed by atoms with Gasteiger partial charge in [-0.15, -0.1) is 0 Å². The van der Waals surface area contributed by atoms with Crippen molar-refractivity contribution in [2.45, 2.75) is 283 Å². The molecule has 0 rings (SSSR count). The third-order valence-corrected chi connectivity index (χ3v) is 12.7. The fraction of sp³-hybridized carbons (Fsp3) is 0.703. The number of hydrogen-bond acceptors (Lipinski definition) is 3. The van der Waals surface area contributed by atoms with Gasteiger partial charge in [-0.3, -0.25) is 4.79 Å². The molecule has 0 spiro atoms. The van der Waals surface area contributed by atoms with Gasteiger partial charge < -0.3 is 15.5 Å². The predicted octanol–water partition coefficient (Wildman–Crippen LogP) is 19.5. The lowest BCUT2D eigenvalue weighted by atomic mass is 10.0. The molecule has 4 nitrogen and oxygen atoms in total. The van der Waals surface area contributed by atoms with Gasteiger partial charge in [0.1, 0.15) is 0 Å². The molecule has 0 bridgehead atoms. The number of aliphatic hydroxyl groups is 2. The van der Waals surface area contributed by atoms with Gasteiger partial charge in [0.25, 0.3) is 0 Å². The van der Waals surface area contributed by atoms with E-state index in [4.69, 9.17) is 0 Å². The van der Waals surface area contributed by atoms with E-state index in [9.17, 15) is 15.0 Å². The van der Waals surface area contributed by atoms with E-state index < -0.39 is 12.1 Å². The molecule has 2 atom stereocenters. The van der Waals surface area contributed by atoms with Gasteiger partial charge >= 0.3 is 0 Å². The van der Waals surface area contributed by atoms with Crippen LogP contribution in [0.3, 0.4) is 0 Å². The van der Waals surface area contributed by atoms with Crippen LogP contribution in [0.25, 0.3) is 0 Å². The molecule has 0 fully saturated rings. The SMILES string of the molecule is CC/C=C\C/C=C\C/C=C\C/C=C\C/C=C\C/C=C\C/C=C\CCCCCCCC(=O)NC(CO)C(O)/C=C/CC/C=C/CCCCCCCCCCCCCCCCCCCCCCCCC. The number of amides is 1. The summed E-state index contributed by atoms with van der Waals surface area (Å²) in [6.07, 6.45) is 88.3. The summed E-state index contributed by atoms with van der Waals surface area (Å²) in [5.41, 5.74) is 0. The van der Waals surface area contributed by atoms with Crippen molar-refractivity contribution >= 4 is 5.91 Å². The first kappa shape index (κ1) is 65.0. The Morgan fingerprint density at radius 2 is 0.662 bits per heavy atom. The van der Waals surface area contributed by atoms with Crippen LogP contribution in [0.5, 0.6) is 0 Å². The molecule has 0 saturated carbocycles. The quantitative estimate of drug-likeness (QED) is 0.0420. The summed E-state index contributed by atoms with van der Waals surface area (Å²) in [5, 5.41) is 23.2. The minimum absolute atomic E-state index is 0.0951. The van der Waals surface area contributed by atoms with E-state index in [2.05, 4.69) is 116 Å². The molecule has 390 valence electrons. The molecule has 0 aliphatic heterocycles. The van der Waals surface area contributed by atoms with Crippen molar-refractivity contribution in [3.05, 3.63) is 109 Å². The van der Waals surface area contributed by atoms with Crippen molar-refractivity contribution in [2.24, 2.45) is 0 Å². The Kier molecular flexibility index (Phi) is 55.8. The van der Waals surface area contributed by atoms with Crippen molar-refractivity contribution in [1.82, 2.24) is 5.32 Å². The van der Waals surface area contributed by atoms with E-state index in [1.54, 1.807) is 6.08 Å². The highest BCUT2D eigenvalue weighted by Crippen LogP contribution is 2.16. The highest BCUT2D eigenvalue weighted by molar-refractivity contribution is 5.76. The maximum atomic E-state index is 12.5. The normalized spacial score (nSPS) is 13.6. The maximum absolute atomic E-state index is 12.5. The van der Waals surface area contributed by atoms with Crippen molar-refractivity contribution in [3.63, 3.8) is 0 Å². The number of carbonyl (C=O) groups excluding carboxylic acids is 1. The lowest BCUT2D eigenvalue weighted by Crippen LogP contribution is -2.45. The van der Waals surface area contributed by atoms with E-state index in [0.717, 1.165) is 89.9 Å². The fourth-order valence-corrected chi connectivity index (χ4v) is 8.35. The molecule has 0 radical (unpaired) electrons. The first-order valence-corrected chi connectivity index (χ1v) is 29.1. The standard InChI is InChI=1S/C64H111NO3/c1-3-5-7-9-11-13-15-17-19-21-23-25-27-29-31-32-34-35-37-39-41-43-45-47-49-51-53-55-57-59-63(67)62(61-66)65-64(68)60-58-56-54-52-50-48-46-44-42-40-38-36-33-30-28-26-24-22-20-18-16-14-12-10-8-6-4-2/h6,8,12,14,18,20,24,26,30,33,38,40,44,46,49,51,57,59,62-63,66-67H,3-5,7,9-11,13,15-17,19,21-23,25,27-29,31-32,34-37,39,41-43,45,47-48,50,52-56,58,60-61H2,1-2H3,(H,65,68)/b8-6-,14-12-,20-18-,26-24-,33-30-,40-38-,46-44-,51-49+,59-57+. The topological polar surface area (TPSA) is 69.6 Å². The Bertz CT molecular complexity index is 1300. The van der Waals surface area contributed by atoms with Gasteiger partial charge in [0.05, 0.1) is 18.8 Å². The third-order valence-electron chi connectivity index (χ3n) is 12.7. The summed E-state index contributed by atoms with van der Waals surface area (Å²) in [7, 11) is 0. The largest absolute Gasteiger partial charge is 0.394 e. The minimum Gasteiger partial charge on any atom is -0.394 e. The van der Waals surface area contributed by atoms with Crippen LogP contribution in [0.1, 0.15) is 271 Å². The number of nitrogens with one attached hydrogen (secondary N) is 1. The average Bonchev–Trinajstić information content (AvgIpc) is 3.34. The zero-order valence-electron chi connectivity index (χ0n) is 44.8. The maximum Gasteiger partial charge on any atom is 0.220 e. The van der Waals surface area contributed by atoms with E-state index in [1.807, 2.05) is 6.08 Å². The predicted molar refractivity (Wildman–Crippen MR) is 303 cm³/mol. The van der Waals surface area contributed by atoms with Gasteiger partial charge in [0.15, 0.2) is 0 Å². The number of carbonyl (C=O) groups is 1. The van der Waals surface area contributed by atoms with Crippen LogP contribution in [0, 0.1) is 0 Å². The molecule has 0 aromatic heterocycles. The third kappa shape index (κ3) is 54.0. The summed E-state index contributed by atoms with van der Waals surface area (Å²) in [4.78, 5) is 12.5. The molecular weight excluding hydrogens is 831 g/mol. The summed E-state index contributed by atoms with van der Waals surface area (Å²) >= 11 is 0.